The van der Waals surface area contributed by atoms with E-state index in [1.807, 2.05) is 18.2 Å². The summed E-state index contributed by atoms with van der Waals surface area (Å²) in [4.78, 5) is 31.2. The Hall–Kier alpha value is -2.45. The van der Waals surface area contributed by atoms with Crippen molar-refractivity contribution in [2.24, 2.45) is 0 Å². The minimum absolute atomic E-state index is 0.00833. The highest BCUT2D eigenvalue weighted by Crippen LogP contribution is 2.35. The molecule has 1 aliphatic carbocycles. The molecule has 2 amide bonds. The number of piperidine rings is 1. The number of carbonyl (C=O) groups is 2. The number of fused-ring (bicyclic) bond motifs is 1. The predicted octanol–water partition coefficient (Wildman–Crippen LogP) is 1.56. The van der Waals surface area contributed by atoms with Crippen molar-refractivity contribution < 1.29 is 29.2 Å². The van der Waals surface area contributed by atoms with Crippen LogP contribution in [0, 0.1) is 0 Å². The second-order valence-electron chi connectivity index (χ2n) is 10.3. The minimum Gasteiger partial charge on any atom is -0.489 e. The molecule has 1 aromatic rings. The Morgan fingerprint density at radius 1 is 1.18 bits per heavy atom. The Morgan fingerprint density at radius 3 is 2.71 bits per heavy atom. The van der Waals surface area contributed by atoms with Crippen molar-refractivity contribution in [3.05, 3.63) is 29.3 Å². The molecular weight excluding hydrogens is 434 g/mol. The van der Waals surface area contributed by atoms with E-state index in [0.29, 0.717) is 31.0 Å². The number of aliphatic hydroxyl groups excluding tert-OH is 1. The van der Waals surface area contributed by atoms with Gasteiger partial charge in [-0.2, -0.15) is 0 Å². The van der Waals surface area contributed by atoms with Crippen LogP contribution in [0.3, 0.4) is 0 Å². The number of nitrogens with zero attached hydrogens (tertiary/aromatic N) is 2. The molecule has 5 rings (SSSR count). The molecule has 3 heterocycles. The molecule has 2 fully saturated rings. The number of amides is 2. The first kappa shape index (κ1) is 23.3. The lowest BCUT2D eigenvalue weighted by Crippen LogP contribution is -2.82. The van der Waals surface area contributed by atoms with Crippen molar-refractivity contribution >= 4 is 17.7 Å². The average Bonchev–Trinajstić information content (AvgIpc) is 3.39. The SMILES string of the molecule is CCOC1(C)CCN([C@@H]2CCC[C@@H]2Oc2ccc3c(c2)CN(C2CCC(=O)[NH+]=C2O)C3=O)CC1. The van der Waals surface area contributed by atoms with Crippen molar-refractivity contribution in [3.63, 3.8) is 0 Å². The van der Waals surface area contributed by atoms with Crippen molar-refractivity contribution in [3.8, 4) is 5.75 Å². The molecule has 4 aliphatic rings. The lowest BCUT2D eigenvalue weighted by atomic mass is 9.92. The minimum atomic E-state index is -0.484. The molecule has 184 valence electrons. The van der Waals surface area contributed by atoms with Crippen LogP contribution >= 0.6 is 0 Å². The van der Waals surface area contributed by atoms with Gasteiger partial charge in [0.05, 0.1) is 12.0 Å². The third kappa shape index (κ3) is 4.45. The van der Waals surface area contributed by atoms with Crippen LogP contribution < -0.4 is 9.73 Å². The number of ether oxygens (including phenoxy) is 2. The van der Waals surface area contributed by atoms with Gasteiger partial charge in [-0.1, -0.05) is 0 Å². The van der Waals surface area contributed by atoms with Crippen LogP contribution in [0.4, 0.5) is 0 Å². The molecule has 3 atom stereocenters. The average molecular weight is 471 g/mol. The number of rotatable bonds is 6. The summed E-state index contributed by atoms with van der Waals surface area (Å²) in [6.07, 6.45) is 6.32. The Balaban J connectivity index is 1.24. The van der Waals surface area contributed by atoms with E-state index >= 15 is 0 Å². The fourth-order valence-corrected chi connectivity index (χ4v) is 6.10. The molecule has 1 unspecified atom stereocenters. The monoisotopic (exact) mass is 470 g/mol. The maximum atomic E-state index is 13.0. The summed E-state index contributed by atoms with van der Waals surface area (Å²) in [5.74, 6) is 0.339. The summed E-state index contributed by atoms with van der Waals surface area (Å²) in [5.41, 5.74) is 1.55. The fraction of sp³-hybridized carbons (Fsp3) is 0.654. The molecule has 3 aliphatic heterocycles. The van der Waals surface area contributed by atoms with Crippen molar-refractivity contribution in [1.29, 1.82) is 0 Å². The molecule has 8 heteroatoms. The second-order valence-corrected chi connectivity index (χ2v) is 10.3. The van der Waals surface area contributed by atoms with Gasteiger partial charge in [-0.05, 0) is 76.1 Å². The normalized spacial score (nSPS) is 29.3. The zero-order valence-corrected chi connectivity index (χ0v) is 20.2. The van der Waals surface area contributed by atoms with E-state index in [-0.39, 0.29) is 29.4 Å². The van der Waals surface area contributed by atoms with Crippen LogP contribution in [0.15, 0.2) is 18.2 Å². The van der Waals surface area contributed by atoms with Crippen molar-refractivity contribution in [2.75, 3.05) is 19.7 Å². The van der Waals surface area contributed by atoms with Gasteiger partial charge in [0.25, 0.3) is 5.91 Å². The number of likely N-dealkylation sites (tertiary alicyclic amines) is 1. The number of carbonyl (C=O) groups excluding carboxylic acids is 2. The molecule has 8 nitrogen and oxygen atoms in total. The highest BCUT2D eigenvalue weighted by molar-refractivity contribution is 6.01. The molecule has 1 saturated carbocycles. The second kappa shape index (κ2) is 9.30. The Morgan fingerprint density at radius 2 is 1.97 bits per heavy atom. The van der Waals surface area contributed by atoms with E-state index in [1.165, 1.54) is 0 Å². The van der Waals surface area contributed by atoms with Crippen molar-refractivity contribution in [2.45, 2.75) is 89.1 Å². The van der Waals surface area contributed by atoms with E-state index < -0.39 is 6.04 Å². The van der Waals surface area contributed by atoms with Gasteiger partial charge < -0.3 is 19.5 Å². The molecule has 0 bridgehead atoms. The molecular formula is C26H36N3O5+. The lowest BCUT2D eigenvalue weighted by Gasteiger charge is -2.42. The van der Waals surface area contributed by atoms with Crippen molar-refractivity contribution in [1.82, 2.24) is 9.80 Å². The standard InChI is InChI=1S/C26H35N3O5/c1-3-33-26(2)11-13-28(14-12-26)20-5-4-6-22(20)34-18-7-8-19-17(15-18)16-29(25(19)32)21-9-10-23(30)27-24(21)31/h7-8,15,20-22H,3-6,9-14,16H2,1-2H3,(H,27,30,31)/p+1/t20-,21?,22+/m1/s1. The van der Waals surface area contributed by atoms with Gasteiger partial charge >= 0.3 is 11.8 Å². The third-order valence-corrected chi connectivity index (χ3v) is 8.04. The van der Waals surface area contributed by atoms with Gasteiger partial charge in [-0.15, -0.1) is 4.99 Å². The highest BCUT2D eigenvalue weighted by atomic mass is 16.5. The number of hydrogen-bond donors (Lipinski definition) is 2. The first-order valence-electron chi connectivity index (χ1n) is 12.7. The summed E-state index contributed by atoms with van der Waals surface area (Å²) in [5, 5.41) is 10.2. The van der Waals surface area contributed by atoms with Gasteiger partial charge in [0.15, 0.2) is 6.04 Å². The van der Waals surface area contributed by atoms with Gasteiger partial charge in [-0.3, -0.25) is 9.69 Å². The van der Waals surface area contributed by atoms with Crippen LogP contribution in [0.5, 0.6) is 5.75 Å². The van der Waals surface area contributed by atoms with E-state index in [4.69, 9.17) is 9.47 Å². The summed E-state index contributed by atoms with van der Waals surface area (Å²) in [6.45, 7) is 7.53. The van der Waals surface area contributed by atoms with Gasteiger partial charge in [-0.25, -0.2) is 4.79 Å². The molecule has 2 N–H and O–H groups in total. The van der Waals surface area contributed by atoms with Gasteiger partial charge in [0.2, 0.25) is 0 Å². The summed E-state index contributed by atoms with van der Waals surface area (Å²) in [7, 11) is 0. The Kier molecular flexibility index (Phi) is 6.37. The lowest BCUT2D eigenvalue weighted by molar-refractivity contribution is -0.394. The Labute approximate surface area is 200 Å². The van der Waals surface area contributed by atoms with E-state index in [1.54, 1.807) is 4.90 Å². The third-order valence-electron chi connectivity index (χ3n) is 8.04. The smallest absolute Gasteiger partial charge is 0.388 e. The molecule has 0 aromatic heterocycles. The number of aliphatic hydroxyl groups is 1. The van der Waals surface area contributed by atoms with Gasteiger partial charge in [0, 0.05) is 37.8 Å². The molecule has 1 saturated heterocycles. The number of nitrogens with one attached hydrogen (secondary N) is 1. The number of benzene rings is 1. The van der Waals surface area contributed by atoms with E-state index in [9.17, 15) is 14.7 Å². The van der Waals surface area contributed by atoms with Gasteiger partial charge in [0.1, 0.15) is 11.9 Å². The highest BCUT2D eigenvalue weighted by Gasteiger charge is 2.42. The largest absolute Gasteiger partial charge is 0.489 e. The Bertz CT molecular complexity index is 985. The zero-order valence-electron chi connectivity index (χ0n) is 20.2. The number of hydrogen-bond acceptors (Lipinski definition) is 5. The van der Waals surface area contributed by atoms with Crippen LogP contribution in [0.2, 0.25) is 0 Å². The first-order valence-corrected chi connectivity index (χ1v) is 12.7. The summed E-state index contributed by atoms with van der Waals surface area (Å²) in [6, 6.07) is 5.63. The molecule has 34 heavy (non-hydrogen) atoms. The van der Waals surface area contributed by atoms with Crippen LogP contribution in [0.25, 0.3) is 0 Å². The summed E-state index contributed by atoms with van der Waals surface area (Å²) >= 11 is 0. The summed E-state index contributed by atoms with van der Waals surface area (Å²) < 4.78 is 12.5. The fourth-order valence-electron chi connectivity index (χ4n) is 6.10. The van der Waals surface area contributed by atoms with E-state index in [0.717, 1.165) is 63.1 Å². The zero-order chi connectivity index (χ0) is 23.9. The topological polar surface area (TPSA) is 93.3 Å². The molecule has 0 spiro atoms. The first-order chi connectivity index (χ1) is 16.4. The van der Waals surface area contributed by atoms with Crippen LogP contribution in [0.1, 0.15) is 74.7 Å². The maximum Gasteiger partial charge on any atom is 0.388 e. The van der Waals surface area contributed by atoms with Crippen LogP contribution in [-0.4, -0.2) is 76.1 Å². The quantitative estimate of drug-likeness (QED) is 0.656. The van der Waals surface area contributed by atoms with E-state index in [2.05, 4.69) is 23.7 Å². The van der Waals surface area contributed by atoms with Crippen LogP contribution in [-0.2, 0) is 16.1 Å². The molecule has 0 radical (unpaired) electrons. The molecule has 1 aromatic carbocycles. The maximum absolute atomic E-state index is 13.0. The predicted molar refractivity (Wildman–Crippen MR) is 126 cm³/mol.